The van der Waals surface area contributed by atoms with Crippen molar-refractivity contribution in [3.05, 3.63) is 0 Å². The van der Waals surface area contributed by atoms with Crippen LogP contribution in [0.15, 0.2) is 0 Å². The molecule has 86 valence electrons. The first-order chi connectivity index (χ1) is 7.22. The summed E-state index contributed by atoms with van der Waals surface area (Å²) in [6.45, 7) is 2.82. The van der Waals surface area contributed by atoms with Crippen LogP contribution >= 0.6 is 0 Å². The first-order valence-corrected chi connectivity index (χ1v) is 5.33. The fourth-order valence-electron chi connectivity index (χ4n) is 1.58. The number of carbonyl (C=O) groups excluding carboxylic acids is 1. The number of methoxy groups -OCH3 is 1. The summed E-state index contributed by atoms with van der Waals surface area (Å²) in [4.78, 5) is 13.5. The van der Waals surface area contributed by atoms with Gasteiger partial charge in [0.05, 0.1) is 6.61 Å². The predicted octanol–water partition coefficient (Wildman–Crippen LogP) is -0.628. The zero-order valence-electron chi connectivity index (χ0n) is 9.49. The summed E-state index contributed by atoms with van der Waals surface area (Å²) in [5.74, 6) is 0. The number of carbonyl (C=O) groups is 1. The zero-order valence-corrected chi connectivity index (χ0v) is 9.49. The number of piperidine rings is 1. The van der Waals surface area contributed by atoms with Gasteiger partial charge in [-0.25, -0.2) is 4.79 Å². The van der Waals surface area contributed by atoms with Crippen LogP contribution in [-0.4, -0.2) is 58.3 Å². The van der Waals surface area contributed by atoms with Crippen LogP contribution in [0.1, 0.15) is 12.8 Å². The van der Waals surface area contributed by atoms with Crippen LogP contribution in [0.5, 0.6) is 0 Å². The highest BCUT2D eigenvalue weighted by molar-refractivity contribution is 6.04. The molecule has 1 heterocycles. The summed E-state index contributed by atoms with van der Waals surface area (Å²) in [5.41, 5.74) is 0. The van der Waals surface area contributed by atoms with Crippen LogP contribution < -0.4 is 5.32 Å². The Balaban J connectivity index is 2.09. The van der Waals surface area contributed by atoms with E-state index in [1.54, 1.807) is 7.11 Å². The van der Waals surface area contributed by atoms with Crippen molar-refractivity contribution in [3.8, 4) is 0 Å². The van der Waals surface area contributed by atoms with Crippen LogP contribution in [-0.2, 0) is 9.47 Å². The van der Waals surface area contributed by atoms with E-state index in [9.17, 15) is 4.79 Å². The minimum atomic E-state index is -0.332. The Hall–Kier alpha value is -0.745. The Morgan fingerprint density at radius 3 is 2.73 bits per heavy atom. The molecule has 0 aliphatic carbocycles. The van der Waals surface area contributed by atoms with E-state index in [0.29, 0.717) is 13.2 Å². The van der Waals surface area contributed by atoms with Crippen molar-refractivity contribution in [1.29, 1.82) is 0 Å². The molecule has 6 heteroatoms. The van der Waals surface area contributed by atoms with Crippen LogP contribution in [0.2, 0.25) is 0 Å². The summed E-state index contributed by atoms with van der Waals surface area (Å²) in [7, 11) is 3.67. The van der Waals surface area contributed by atoms with Crippen molar-refractivity contribution >= 4 is 14.1 Å². The van der Waals surface area contributed by atoms with Gasteiger partial charge in [-0.3, -0.25) is 0 Å². The maximum absolute atomic E-state index is 11.3. The van der Waals surface area contributed by atoms with E-state index < -0.39 is 0 Å². The van der Waals surface area contributed by atoms with E-state index in [2.05, 4.69) is 18.1 Å². The van der Waals surface area contributed by atoms with E-state index in [4.69, 9.17) is 9.47 Å². The summed E-state index contributed by atoms with van der Waals surface area (Å²) in [6.07, 6.45) is 1.66. The molecule has 0 saturated carbocycles. The van der Waals surface area contributed by atoms with Gasteiger partial charge in [-0.1, -0.05) is 0 Å². The monoisotopic (exact) mass is 214 g/mol. The Bertz CT molecular complexity index is 196. The molecule has 0 aromatic carbocycles. The highest BCUT2D eigenvalue weighted by atomic mass is 16.6. The second kappa shape index (κ2) is 6.69. The first kappa shape index (κ1) is 12.3. The highest BCUT2D eigenvalue weighted by Crippen LogP contribution is 2.07. The van der Waals surface area contributed by atoms with Gasteiger partial charge in [-0.15, -0.1) is 0 Å². The van der Waals surface area contributed by atoms with Crippen LogP contribution in [0.25, 0.3) is 0 Å². The average molecular weight is 214 g/mol. The summed E-state index contributed by atoms with van der Waals surface area (Å²) >= 11 is 0. The fourth-order valence-corrected chi connectivity index (χ4v) is 1.58. The SMILES string of the molecule is BN1CCC(NC(=O)OCCOC)CC1. The van der Waals surface area contributed by atoms with Crippen molar-refractivity contribution in [2.24, 2.45) is 0 Å². The number of hydrogen-bond donors (Lipinski definition) is 1. The molecule has 1 aliphatic rings. The molecule has 1 amide bonds. The van der Waals surface area contributed by atoms with E-state index in [-0.39, 0.29) is 12.1 Å². The number of amides is 1. The lowest BCUT2D eigenvalue weighted by atomic mass is 10.0. The van der Waals surface area contributed by atoms with Crippen LogP contribution in [0.4, 0.5) is 4.79 Å². The van der Waals surface area contributed by atoms with Gasteiger partial charge in [-0.2, -0.15) is 0 Å². The maximum atomic E-state index is 11.3. The van der Waals surface area contributed by atoms with E-state index in [1.807, 2.05) is 0 Å². The molecule has 1 N–H and O–H groups in total. The standard InChI is InChI=1S/C9H19BN2O3/c1-14-6-7-15-9(13)11-8-2-4-12(10)5-3-8/h8H,2-7,10H2,1H3,(H,11,13). The summed E-state index contributed by atoms with van der Waals surface area (Å²) in [5, 5.41) is 2.85. The Morgan fingerprint density at radius 1 is 1.47 bits per heavy atom. The van der Waals surface area contributed by atoms with Gasteiger partial charge in [0.15, 0.2) is 7.98 Å². The third kappa shape index (κ3) is 5.04. The first-order valence-electron chi connectivity index (χ1n) is 5.33. The van der Waals surface area contributed by atoms with Crippen molar-refractivity contribution in [2.45, 2.75) is 18.9 Å². The second-order valence-corrected chi connectivity index (χ2v) is 3.85. The molecule has 1 rings (SSSR count). The molecular weight excluding hydrogens is 195 g/mol. The minimum Gasteiger partial charge on any atom is -0.447 e. The van der Waals surface area contributed by atoms with E-state index in [1.165, 1.54) is 0 Å². The predicted molar refractivity (Wildman–Crippen MR) is 59.5 cm³/mol. The van der Waals surface area contributed by atoms with Gasteiger partial charge >= 0.3 is 6.09 Å². The zero-order chi connectivity index (χ0) is 11.1. The third-order valence-electron chi connectivity index (χ3n) is 2.56. The third-order valence-corrected chi connectivity index (χ3v) is 2.56. The molecule has 5 nitrogen and oxygen atoms in total. The fraction of sp³-hybridized carbons (Fsp3) is 0.889. The summed E-state index contributed by atoms with van der Waals surface area (Å²) < 4.78 is 9.71. The molecule has 0 bridgehead atoms. The Kier molecular flexibility index (Phi) is 5.49. The molecular formula is C9H19BN2O3. The van der Waals surface area contributed by atoms with E-state index in [0.717, 1.165) is 25.9 Å². The molecule has 0 spiro atoms. The highest BCUT2D eigenvalue weighted by Gasteiger charge is 2.18. The molecule has 0 unspecified atom stereocenters. The van der Waals surface area contributed by atoms with Crippen molar-refractivity contribution in [2.75, 3.05) is 33.4 Å². The van der Waals surface area contributed by atoms with Crippen LogP contribution in [0.3, 0.4) is 0 Å². The Labute approximate surface area is 91.5 Å². The topological polar surface area (TPSA) is 50.8 Å². The average Bonchev–Trinajstić information content (AvgIpc) is 2.22. The van der Waals surface area contributed by atoms with Gasteiger partial charge in [-0.05, 0) is 25.9 Å². The molecule has 1 saturated heterocycles. The Morgan fingerprint density at radius 2 is 2.13 bits per heavy atom. The van der Waals surface area contributed by atoms with Crippen molar-refractivity contribution < 1.29 is 14.3 Å². The molecule has 0 atom stereocenters. The molecule has 0 aromatic heterocycles. The van der Waals surface area contributed by atoms with Crippen molar-refractivity contribution in [3.63, 3.8) is 0 Å². The lowest BCUT2D eigenvalue weighted by Gasteiger charge is -2.29. The smallest absolute Gasteiger partial charge is 0.407 e. The minimum absolute atomic E-state index is 0.260. The van der Waals surface area contributed by atoms with Gasteiger partial charge in [0.2, 0.25) is 0 Å². The van der Waals surface area contributed by atoms with Gasteiger partial charge in [0, 0.05) is 13.2 Å². The quantitative estimate of drug-likeness (QED) is 0.500. The number of rotatable bonds is 4. The lowest BCUT2D eigenvalue weighted by Crippen LogP contribution is -2.44. The summed E-state index contributed by atoms with van der Waals surface area (Å²) in [6, 6.07) is 0.260. The largest absolute Gasteiger partial charge is 0.447 e. The molecule has 15 heavy (non-hydrogen) atoms. The van der Waals surface area contributed by atoms with Gasteiger partial charge in [0.1, 0.15) is 6.61 Å². The second-order valence-electron chi connectivity index (χ2n) is 3.85. The number of hydrogen-bond acceptors (Lipinski definition) is 4. The number of nitrogens with zero attached hydrogens (tertiary/aromatic N) is 1. The number of alkyl carbamates (subject to hydrolysis) is 1. The van der Waals surface area contributed by atoms with Gasteiger partial charge in [0.25, 0.3) is 0 Å². The van der Waals surface area contributed by atoms with E-state index >= 15 is 0 Å². The van der Waals surface area contributed by atoms with Gasteiger partial charge < -0.3 is 19.6 Å². The number of ether oxygens (including phenoxy) is 2. The normalized spacial score (nSPS) is 18.7. The lowest BCUT2D eigenvalue weighted by molar-refractivity contribution is 0.0946. The van der Waals surface area contributed by atoms with Crippen molar-refractivity contribution in [1.82, 2.24) is 10.1 Å². The molecule has 1 fully saturated rings. The molecule has 0 aromatic rings. The van der Waals surface area contributed by atoms with Crippen LogP contribution in [0, 0.1) is 0 Å². The number of nitrogens with one attached hydrogen (secondary N) is 1. The molecule has 1 aliphatic heterocycles. The maximum Gasteiger partial charge on any atom is 0.407 e. The molecule has 0 radical (unpaired) electrons.